The van der Waals surface area contributed by atoms with Crippen LogP contribution >= 0.6 is 11.8 Å². The molecule has 2 aromatic rings. The van der Waals surface area contributed by atoms with E-state index in [1.807, 2.05) is 20.8 Å². The van der Waals surface area contributed by atoms with Crippen LogP contribution in [0.25, 0.3) is 0 Å². The first-order valence-corrected chi connectivity index (χ1v) is 9.78. The number of anilines is 2. The number of hydrogen-bond donors (Lipinski definition) is 2. The second-order valence-corrected chi connectivity index (χ2v) is 8.54. The van der Waals surface area contributed by atoms with Crippen molar-refractivity contribution in [3.8, 4) is 0 Å². The molecule has 1 aromatic heterocycles. The summed E-state index contributed by atoms with van der Waals surface area (Å²) in [5, 5.41) is 9.48. The number of alkyl halides is 3. The van der Waals surface area contributed by atoms with E-state index in [4.69, 9.17) is 0 Å². The highest BCUT2D eigenvalue weighted by Crippen LogP contribution is 2.38. The maximum Gasteiger partial charge on any atom is 0.409 e. The number of aromatic nitrogens is 3. The van der Waals surface area contributed by atoms with Crippen LogP contribution in [0.2, 0.25) is 0 Å². The molecule has 2 amide bonds. The van der Waals surface area contributed by atoms with E-state index in [0.29, 0.717) is 10.7 Å². The summed E-state index contributed by atoms with van der Waals surface area (Å²) in [5.41, 5.74) is -0.111. The van der Waals surface area contributed by atoms with E-state index >= 15 is 0 Å². The van der Waals surface area contributed by atoms with E-state index in [-0.39, 0.29) is 27.7 Å². The van der Waals surface area contributed by atoms with Gasteiger partial charge in [-0.25, -0.2) is 4.98 Å². The topological polar surface area (TPSA) is 91.0 Å². The zero-order valence-electron chi connectivity index (χ0n) is 16.0. The zero-order chi connectivity index (χ0) is 21.4. The van der Waals surface area contributed by atoms with Crippen molar-refractivity contribution in [1.29, 1.82) is 0 Å². The molecule has 0 saturated heterocycles. The number of halogens is 3. The standard InChI is InChI=1S/C18H20F3N5O2S/c1-17(2,3)15-23-16(25-24-15)29-9-14(28)26-11-7-5-4-6-10(11)22-13(27)8-12(26)18(19,20)21/h4-7,12H,8-9H2,1-3H3,(H,22,27)(H,23,24,25). The summed E-state index contributed by atoms with van der Waals surface area (Å²) >= 11 is 0.937. The number of hydrogen-bond acceptors (Lipinski definition) is 5. The number of benzene rings is 1. The van der Waals surface area contributed by atoms with Crippen LogP contribution in [0, 0.1) is 0 Å². The summed E-state index contributed by atoms with van der Waals surface area (Å²) in [7, 11) is 0. The number of amides is 2. The number of carbonyl (C=O) groups excluding carboxylic acids is 2. The van der Waals surface area contributed by atoms with Gasteiger partial charge in [0.1, 0.15) is 11.9 Å². The fourth-order valence-electron chi connectivity index (χ4n) is 2.84. The Balaban J connectivity index is 1.87. The molecule has 1 aliphatic rings. The second-order valence-electron chi connectivity index (χ2n) is 7.60. The number of para-hydroxylation sites is 2. The highest BCUT2D eigenvalue weighted by Gasteiger charge is 2.48. The van der Waals surface area contributed by atoms with E-state index in [9.17, 15) is 22.8 Å². The molecule has 0 spiro atoms. The van der Waals surface area contributed by atoms with Crippen LogP contribution in [0.15, 0.2) is 29.4 Å². The largest absolute Gasteiger partial charge is 0.409 e. The summed E-state index contributed by atoms with van der Waals surface area (Å²) < 4.78 is 41.1. The molecule has 0 fully saturated rings. The number of aromatic amines is 1. The van der Waals surface area contributed by atoms with Gasteiger partial charge in [0.15, 0.2) is 0 Å². The molecule has 1 atom stereocenters. The number of thioether (sulfide) groups is 1. The Kier molecular flexibility index (Phi) is 5.61. The molecular weight excluding hydrogens is 407 g/mol. The molecule has 0 radical (unpaired) electrons. The second kappa shape index (κ2) is 7.69. The molecule has 0 aliphatic carbocycles. The molecule has 7 nitrogen and oxygen atoms in total. The fourth-order valence-corrected chi connectivity index (χ4v) is 3.50. The molecule has 2 heterocycles. The van der Waals surface area contributed by atoms with Gasteiger partial charge in [0.25, 0.3) is 0 Å². The SMILES string of the molecule is CC(C)(C)c1nc(SCC(=O)N2c3ccccc3NC(=O)CC2C(F)(F)F)n[nH]1. The van der Waals surface area contributed by atoms with Crippen molar-refractivity contribution in [1.82, 2.24) is 15.2 Å². The molecular formula is C18H20F3N5O2S. The van der Waals surface area contributed by atoms with Crippen LogP contribution in [0.1, 0.15) is 33.0 Å². The van der Waals surface area contributed by atoms with Gasteiger partial charge in [-0.2, -0.15) is 13.2 Å². The molecule has 0 bridgehead atoms. The average Bonchev–Trinajstić information content (AvgIpc) is 3.03. The normalized spacial score (nSPS) is 17.5. The van der Waals surface area contributed by atoms with Gasteiger partial charge in [0, 0.05) is 5.41 Å². The van der Waals surface area contributed by atoms with Crippen molar-refractivity contribution in [3.63, 3.8) is 0 Å². The summed E-state index contributed by atoms with van der Waals surface area (Å²) in [6.07, 6.45) is -5.64. The highest BCUT2D eigenvalue weighted by atomic mass is 32.2. The van der Waals surface area contributed by atoms with Crippen molar-refractivity contribution in [3.05, 3.63) is 30.1 Å². The smallest absolute Gasteiger partial charge is 0.324 e. The first-order valence-electron chi connectivity index (χ1n) is 8.80. The van der Waals surface area contributed by atoms with Crippen molar-refractivity contribution < 1.29 is 22.8 Å². The van der Waals surface area contributed by atoms with Gasteiger partial charge >= 0.3 is 6.18 Å². The van der Waals surface area contributed by atoms with E-state index in [1.165, 1.54) is 18.2 Å². The average molecular weight is 427 g/mol. The molecule has 3 rings (SSSR count). The van der Waals surface area contributed by atoms with Crippen LogP contribution in [0.5, 0.6) is 0 Å². The lowest BCUT2D eigenvalue weighted by Crippen LogP contribution is -2.50. The molecule has 1 unspecified atom stereocenters. The van der Waals surface area contributed by atoms with Gasteiger partial charge in [-0.1, -0.05) is 44.7 Å². The monoisotopic (exact) mass is 427 g/mol. The van der Waals surface area contributed by atoms with Crippen LogP contribution in [-0.4, -0.2) is 45.0 Å². The maximum absolute atomic E-state index is 13.7. The lowest BCUT2D eigenvalue weighted by Gasteiger charge is -2.31. The quantitative estimate of drug-likeness (QED) is 0.732. The van der Waals surface area contributed by atoms with Crippen LogP contribution in [0.4, 0.5) is 24.5 Å². The number of fused-ring (bicyclic) bond motifs is 1. The van der Waals surface area contributed by atoms with Gasteiger partial charge in [-0.3, -0.25) is 19.6 Å². The zero-order valence-corrected chi connectivity index (χ0v) is 16.8. The number of nitrogens with zero attached hydrogens (tertiary/aromatic N) is 3. The summed E-state index contributed by atoms with van der Waals surface area (Å²) in [6, 6.07) is 3.68. The van der Waals surface area contributed by atoms with Gasteiger partial charge in [-0.05, 0) is 12.1 Å². The Bertz CT molecular complexity index is 923. The first kappa shape index (κ1) is 21.2. The van der Waals surface area contributed by atoms with Gasteiger partial charge in [-0.15, -0.1) is 5.10 Å². The van der Waals surface area contributed by atoms with Gasteiger partial charge in [0.05, 0.1) is 23.5 Å². The van der Waals surface area contributed by atoms with Crippen LogP contribution in [0.3, 0.4) is 0 Å². The number of carbonyl (C=O) groups is 2. The van der Waals surface area contributed by atoms with Crippen LogP contribution < -0.4 is 10.2 Å². The number of nitrogens with one attached hydrogen (secondary N) is 2. The molecule has 0 saturated carbocycles. The van der Waals surface area contributed by atoms with Gasteiger partial charge in [0.2, 0.25) is 17.0 Å². The third-order valence-electron chi connectivity index (χ3n) is 4.27. The van der Waals surface area contributed by atoms with Crippen molar-refractivity contribution in [2.75, 3.05) is 16.0 Å². The Morgan fingerprint density at radius 3 is 2.59 bits per heavy atom. The van der Waals surface area contributed by atoms with Gasteiger partial charge < -0.3 is 5.32 Å². The minimum Gasteiger partial charge on any atom is -0.324 e. The van der Waals surface area contributed by atoms with Crippen molar-refractivity contribution >= 4 is 35.0 Å². The van der Waals surface area contributed by atoms with E-state index in [0.717, 1.165) is 11.8 Å². The lowest BCUT2D eigenvalue weighted by atomic mass is 9.96. The Morgan fingerprint density at radius 1 is 1.28 bits per heavy atom. The number of rotatable bonds is 3. The fraction of sp³-hybridized carbons (Fsp3) is 0.444. The Morgan fingerprint density at radius 2 is 1.97 bits per heavy atom. The predicted octanol–water partition coefficient (Wildman–Crippen LogP) is 3.50. The Labute approximate surface area is 169 Å². The van der Waals surface area contributed by atoms with E-state index < -0.39 is 30.5 Å². The molecule has 11 heteroatoms. The van der Waals surface area contributed by atoms with E-state index in [2.05, 4.69) is 20.5 Å². The third-order valence-corrected chi connectivity index (χ3v) is 5.11. The van der Waals surface area contributed by atoms with Crippen molar-refractivity contribution in [2.24, 2.45) is 0 Å². The minimum absolute atomic E-state index is 0.0108. The first-order chi connectivity index (χ1) is 13.5. The molecule has 156 valence electrons. The predicted molar refractivity (Wildman–Crippen MR) is 103 cm³/mol. The molecule has 1 aliphatic heterocycles. The minimum atomic E-state index is -4.76. The van der Waals surface area contributed by atoms with Crippen LogP contribution in [-0.2, 0) is 15.0 Å². The Hall–Kier alpha value is -2.56. The van der Waals surface area contributed by atoms with Crippen molar-refractivity contribution in [2.45, 2.75) is 50.0 Å². The number of H-pyrrole nitrogens is 1. The summed E-state index contributed by atoms with van der Waals surface area (Å²) in [4.78, 5) is 29.8. The summed E-state index contributed by atoms with van der Waals surface area (Å²) in [5.74, 6) is -1.29. The molecule has 1 aromatic carbocycles. The highest BCUT2D eigenvalue weighted by molar-refractivity contribution is 7.99. The third kappa shape index (κ3) is 4.72. The summed E-state index contributed by atoms with van der Waals surface area (Å²) in [6.45, 7) is 5.79. The molecule has 2 N–H and O–H groups in total. The van der Waals surface area contributed by atoms with E-state index in [1.54, 1.807) is 6.07 Å². The lowest BCUT2D eigenvalue weighted by molar-refractivity contribution is -0.157. The molecule has 29 heavy (non-hydrogen) atoms. The maximum atomic E-state index is 13.7.